The molecule has 16 heavy (non-hydrogen) atoms. The van der Waals surface area contributed by atoms with Crippen molar-refractivity contribution in [2.75, 3.05) is 6.54 Å². The summed E-state index contributed by atoms with van der Waals surface area (Å²) in [5, 5.41) is 9.02. The zero-order valence-corrected chi connectivity index (χ0v) is 10.2. The normalized spacial score (nSPS) is 29.7. The molecule has 0 spiro atoms. The van der Waals surface area contributed by atoms with Crippen LogP contribution in [0.25, 0.3) is 0 Å². The van der Waals surface area contributed by atoms with Crippen LogP contribution in [0.5, 0.6) is 0 Å². The molecule has 0 N–H and O–H groups in total. The second-order valence-corrected chi connectivity index (χ2v) is 5.64. The van der Waals surface area contributed by atoms with Gasteiger partial charge in [0.1, 0.15) is 5.41 Å². The van der Waals surface area contributed by atoms with E-state index < -0.39 is 5.41 Å². The van der Waals surface area contributed by atoms with Crippen LogP contribution in [0, 0.1) is 22.7 Å². The van der Waals surface area contributed by atoms with Crippen LogP contribution in [0.4, 0.5) is 0 Å². The number of rotatable bonds is 1. The summed E-state index contributed by atoms with van der Waals surface area (Å²) in [6, 6.07) is 2.55. The summed E-state index contributed by atoms with van der Waals surface area (Å²) in [7, 11) is 0. The maximum atomic E-state index is 12.3. The van der Waals surface area contributed by atoms with Crippen LogP contribution in [-0.4, -0.2) is 23.4 Å². The standard InChI is InChI=1S/C13H20N2O/c1-13(2,9-14)12(16)15-8-7-10-5-3-4-6-11(10)15/h10-11H,3-8H2,1-2H3. The van der Waals surface area contributed by atoms with Gasteiger partial charge in [-0.2, -0.15) is 5.26 Å². The molecule has 2 rings (SSSR count). The second kappa shape index (κ2) is 4.08. The number of carbonyl (C=O) groups is 1. The van der Waals surface area contributed by atoms with Gasteiger partial charge in [0, 0.05) is 12.6 Å². The number of carbonyl (C=O) groups excluding carboxylic acids is 1. The first kappa shape index (κ1) is 11.4. The van der Waals surface area contributed by atoms with Gasteiger partial charge < -0.3 is 4.90 Å². The van der Waals surface area contributed by atoms with E-state index in [1.807, 2.05) is 4.90 Å². The molecule has 0 aromatic rings. The van der Waals surface area contributed by atoms with Gasteiger partial charge in [-0.05, 0) is 39.0 Å². The molecule has 1 amide bonds. The van der Waals surface area contributed by atoms with E-state index in [1.165, 1.54) is 19.3 Å². The quantitative estimate of drug-likeness (QED) is 0.680. The van der Waals surface area contributed by atoms with Crippen molar-refractivity contribution in [2.24, 2.45) is 11.3 Å². The third-order valence-corrected chi connectivity index (χ3v) is 4.09. The van der Waals surface area contributed by atoms with Gasteiger partial charge in [0.15, 0.2) is 0 Å². The molecule has 0 radical (unpaired) electrons. The molecule has 1 saturated carbocycles. The van der Waals surface area contributed by atoms with Gasteiger partial charge in [0.05, 0.1) is 6.07 Å². The molecule has 1 aliphatic carbocycles. The second-order valence-electron chi connectivity index (χ2n) is 5.64. The minimum absolute atomic E-state index is 0.0319. The highest BCUT2D eigenvalue weighted by Crippen LogP contribution is 2.38. The third-order valence-electron chi connectivity index (χ3n) is 4.09. The van der Waals surface area contributed by atoms with E-state index in [0.717, 1.165) is 19.4 Å². The summed E-state index contributed by atoms with van der Waals surface area (Å²) >= 11 is 0. The van der Waals surface area contributed by atoms with Gasteiger partial charge in [0.25, 0.3) is 0 Å². The van der Waals surface area contributed by atoms with Gasteiger partial charge in [0.2, 0.25) is 5.91 Å². The molecule has 0 aromatic carbocycles. The van der Waals surface area contributed by atoms with E-state index in [4.69, 9.17) is 5.26 Å². The van der Waals surface area contributed by atoms with E-state index in [0.29, 0.717) is 12.0 Å². The molecular formula is C13H20N2O. The lowest BCUT2D eigenvalue weighted by Gasteiger charge is -2.34. The zero-order valence-electron chi connectivity index (χ0n) is 10.2. The fourth-order valence-electron chi connectivity index (χ4n) is 3.06. The molecule has 2 fully saturated rings. The lowest BCUT2D eigenvalue weighted by molar-refractivity contribution is -0.139. The van der Waals surface area contributed by atoms with E-state index >= 15 is 0 Å². The Morgan fingerprint density at radius 3 is 2.69 bits per heavy atom. The molecule has 1 saturated heterocycles. The fourth-order valence-corrected chi connectivity index (χ4v) is 3.06. The van der Waals surface area contributed by atoms with Crippen molar-refractivity contribution in [1.82, 2.24) is 4.90 Å². The molecule has 3 heteroatoms. The number of amides is 1. The van der Waals surface area contributed by atoms with Crippen LogP contribution in [0.2, 0.25) is 0 Å². The van der Waals surface area contributed by atoms with Crippen molar-refractivity contribution >= 4 is 5.91 Å². The molecule has 2 unspecified atom stereocenters. The Hall–Kier alpha value is -1.04. The fraction of sp³-hybridized carbons (Fsp3) is 0.846. The number of fused-ring (bicyclic) bond motifs is 1. The maximum absolute atomic E-state index is 12.3. The summed E-state index contributed by atoms with van der Waals surface area (Å²) < 4.78 is 0. The zero-order chi connectivity index (χ0) is 11.8. The van der Waals surface area contributed by atoms with Crippen LogP contribution in [-0.2, 0) is 4.79 Å². The maximum Gasteiger partial charge on any atom is 0.242 e. The minimum atomic E-state index is -0.855. The summed E-state index contributed by atoms with van der Waals surface area (Å²) in [5.74, 6) is 0.733. The molecule has 2 atom stereocenters. The summed E-state index contributed by atoms with van der Waals surface area (Å²) in [4.78, 5) is 14.2. The Morgan fingerprint density at radius 2 is 2.00 bits per heavy atom. The highest BCUT2D eigenvalue weighted by atomic mass is 16.2. The number of likely N-dealkylation sites (tertiary alicyclic amines) is 1. The van der Waals surface area contributed by atoms with Crippen LogP contribution in [0.1, 0.15) is 46.0 Å². The number of nitriles is 1. The van der Waals surface area contributed by atoms with Gasteiger partial charge in [-0.15, -0.1) is 0 Å². The minimum Gasteiger partial charge on any atom is -0.338 e. The first-order chi connectivity index (χ1) is 7.56. The summed E-state index contributed by atoms with van der Waals surface area (Å²) in [6.45, 7) is 4.32. The van der Waals surface area contributed by atoms with Crippen LogP contribution in [0.15, 0.2) is 0 Å². The monoisotopic (exact) mass is 220 g/mol. The third kappa shape index (κ3) is 1.81. The van der Waals surface area contributed by atoms with E-state index in [9.17, 15) is 4.79 Å². The first-order valence-electron chi connectivity index (χ1n) is 6.28. The molecule has 1 aliphatic heterocycles. The molecule has 0 aromatic heterocycles. The van der Waals surface area contributed by atoms with Crippen molar-refractivity contribution in [3.05, 3.63) is 0 Å². The van der Waals surface area contributed by atoms with Gasteiger partial charge in [-0.25, -0.2) is 0 Å². The molecule has 1 heterocycles. The summed E-state index contributed by atoms with van der Waals surface area (Å²) in [6.07, 6.45) is 6.08. The smallest absolute Gasteiger partial charge is 0.242 e. The largest absolute Gasteiger partial charge is 0.338 e. The Kier molecular flexibility index (Phi) is 2.92. The van der Waals surface area contributed by atoms with Crippen LogP contribution >= 0.6 is 0 Å². The Labute approximate surface area is 97.4 Å². The van der Waals surface area contributed by atoms with Gasteiger partial charge in [-0.3, -0.25) is 4.79 Å². The lowest BCUT2D eigenvalue weighted by Crippen LogP contribution is -2.45. The molecule has 2 aliphatic rings. The SMILES string of the molecule is CC(C)(C#N)C(=O)N1CCC2CCCCC21. The number of nitrogens with zero attached hydrogens (tertiary/aromatic N) is 2. The Bertz CT molecular complexity index is 329. The molecular weight excluding hydrogens is 200 g/mol. The Morgan fingerprint density at radius 1 is 1.31 bits per heavy atom. The lowest BCUT2D eigenvalue weighted by atomic mass is 9.84. The van der Waals surface area contributed by atoms with Crippen molar-refractivity contribution in [3.8, 4) is 6.07 Å². The average molecular weight is 220 g/mol. The van der Waals surface area contributed by atoms with E-state index in [2.05, 4.69) is 6.07 Å². The molecule has 0 bridgehead atoms. The topological polar surface area (TPSA) is 44.1 Å². The van der Waals surface area contributed by atoms with Crippen LogP contribution < -0.4 is 0 Å². The van der Waals surface area contributed by atoms with Crippen molar-refractivity contribution < 1.29 is 4.79 Å². The van der Waals surface area contributed by atoms with E-state index in [1.54, 1.807) is 13.8 Å². The molecule has 88 valence electrons. The number of hydrogen-bond donors (Lipinski definition) is 0. The predicted molar refractivity (Wildman–Crippen MR) is 61.5 cm³/mol. The average Bonchev–Trinajstić information content (AvgIpc) is 2.71. The first-order valence-corrected chi connectivity index (χ1v) is 6.28. The van der Waals surface area contributed by atoms with Crippen molar-refractivity contribution in [2.45, 2.75) is 52.0 Å². The highest BCUT2D eigenvalue weighted by molar-refractivity contribution is 5.85. The van der Waals surface area contributed by atoms with Crippen LogP contribution in [0.3, 0.4) is 0 Å². The predicted octanol–water partition coefficient (Wildman–Crippen LogP) is 2.33. The summed E-state index contributed by atoms with van der Waals surface area (Å²) in [5.41, 5.74) is -0.855. The van der Waals surface area contributed by atoms with Crippen molar-refractivity contribution in [1.29, 1.82) is 5.26 Å². The van der Waals surface area contributed by atoms with E-state index in [-0.39, 0.29) is 5.91 Å². The van der Waals surface area contributed by atoms with Crippen molar-refractivity contribution in [3.63, 3.8) is 0 Å². The molecule has 3 nitrogen and oxygen atoms in total. The van der Waals surface area contributed by atoms with Gasteiger partial charge >= 0.3 is 0 Å². The van der Waals surface area contributed by atoms with Gasteiger partial charge in [-0.1, -0.05) is 12.8 Å². The number of hydrogen-bond acceptors (Lipinski definition) is 2. The Balaban J connectivity index is 2.11. The highest BCUT2D eigenvalue weighted by Gasteiger charge is 2.42.